The van der Waals surface area contributed by atoms with Crippen LogP contribution in [0.1, 0.15) is 44.9 Å². The molecule has 0 atom stereocenters. The Morgan fingerprint density at radius 2 is 1.67 bits per heavy atom. The molecule has 4 rings (SSSR count). The average molecular weight is 504 g/mol. The highest BCUT2D eigenvalue weighted by Gasteiger charge is 2.37. The molecule has 0 bridgehead atoms. The number of nitrogens with zero attached hydrogens (tertiary/aromatic N) is 1. The van der Waals surface area contributed by atoms with Gasteiger partial charge in [-0.15, -0.1) is 0 Å². The second-order valence-corrected chi connectivity index (χ2v) is 8.93. The predicted molar refractivity (Wildman–Crippen MR) is 141 cm³/mol. The molecule has 8 nitrogen and oxygen atoms in total. The van der Waals surface area contributed by atoms with Gasteiger partial charge in [0.2, 0.25) is 0 Å². The van der Waals surface area contributed by atoms with E-state index in [4.69, 9.17) is 21.7 Å². The fourth-order valence-electron chi connectivity index (χ4n) is 3.68. The van der Waals surface area contributed by atoms with Crippen molar-refractivity contribution in [3.63, 3.8) is 0 Å². The molecule has 1 aliphatic rings. The van der Waals surface area contributed by atoms with Gasteiger partial charge in [0.15, 0.2) is 5.11 Å². The van der Waals surface area contributed by atoms with Gasteiger partial charge in [0.05, 0.1) is 30.5 Å². The highest BCUT2D eigenvalue weighted by molar-refractivity contribution is 7.80. The topological polar surface area (TPSA) is 97.0 Å². The molecule has 3 amide bonds. The number of thiocarbonyl (C=S) groups is 1. The van der Waals surface area contributed by atoms with Crippen molar-refractivity contribution in [2.45, 2.75) is 13.8 Å². The van der Waals surface area contributed by atoms with Gasteiger partial charge < -0.3 is 14.8 Å². The van der Waals surface area contributed by atoms with Gasteiger partial charge in [-0.25, -0.2) is 4.90 Å². The number of hydrogen-bond donors (Lipinski definition) is 2. The third kappa shape index (κ3) is 5.21. The second-order valence-electron chi connectivity index (χ2n) is 8.52. The molecule has 1 aliphatic heterocycles. The van der Waals surface area contributed by atoms with Crippen molar-refractivity contribution in [2.24, 2.45) is 5.92 Å². The molecule has 3 aromatic carbocycles. The fourth-order valence-corrected chi connectivity index (χ4v) is 3.89. The molecule has 3 aromatic rings. The molecule has 0 radical (unpaired) electrons. The molecule has 0 fully saturated rings. The van der Waals surface area contributed by atoms with Gasteiger partial charge in [-0.3, -0.25) is 19.7 Å². The van der Waals surface area contributed by atoms with Crippen LogP contribution in [0.4, 0.5) is 11.4 Å². The molecule has 0 aliphatic carbocycles. The van der Waals surface area contributed by atoms with Crippen LogP contribution in [0.5, 0.6) is 11.5 Å². The maximum absolute atomic E-state index is 12.8. The molecule has 0 unspecified atom stereocenters. The van der Waals surface area contributed by atoms with E-state index in [-0.39, 0.29) is 5.11 Å². The molecule has 0 saturated carbocycles. The van der Waals surface area contributed by atoms with Crippen molar-refractivity contribution in [1.29, 1.82) is 0 Å². The lowest BCUT2D eigenvalue weighted by atomic mass is 10.1. The van der Waals surface area contributed by atoms with Crippen LogP contribution in [0.3, 0.4) is 0 Å². The van der Waals surface area contributed by atoms with Crippen molar-refractivity contribution in [3.8, 4) is 11.5 Å². The first-order chi connectivity index (χ1) is 17.3. The zero-order chi connectivity index (χ0) is 25.8. The summed E-state index contributed by atoms with van der Waals surface area (Å²) in [5.41, 5.74) is 1.90. The van der Waals surface area contributed by atoms with Crippen molar-refractivity contribution >= 4 is 46.4 Å². The van der Waals surface area contributed by atoms with Gasteiger partial charge >= 0.3 is 0 Å². The minimum atomic E-state index is -0.419. The summed E-state index contributed by atoms with van der Waals surface area (Å²) >= 11 is 5.30. The maximum Gasteiger partial charge on any atom is 0.266 e. The Bertz CT molecular complexity index is 1320. The zero-order valence-electron chi connectivity index (χ0n) is 20.0. The lowest BCUT2D eigenvalue weighted by Gasteiger charge is -2.19. The van der Waals surface area contributed by atoms with Crippen LogP contribution in [0, 0.1) is 5.92 Å². The Morgan fingerprint density at radius 3 is 2.31 bits per heavy atom. The number of imide groups is 1. The molecule has 1 heterocycles. The van der Waals surface area contributed by atoms with E-state index in [9.17, 15) is 14.4 Å². The molecule has 9 heteroatoms. The smallest absolute Gasteiger partial charge is 0.266 e. The molecule has 0 saturated heterocycles. The number of hydrogen-bond acceptors (Lipinski definition) is 6. The number of amides is 3. The van der Waals surface area contributed by atoms with Crippen molar-refractivity contribution in [2.75, 3.05) is 23.9 Å². The number of carbonyl (C=O) groups excluding carboxylic acids is 3. The van der Waals surface area contributed by atoms with Crippen LogP contribution in [0.2, 0.25) is 0 Å². The summed E-state index contributed by atoms with van der Waals surface area (Å²) in [5.74, 6) is 0.0214. The standard InChI is InChI=1S/C27H25N3O5S/c1-16(2)15-35-19-8-6-7-17(13-19)24(31)29-27(36)28-18-11-12-22(23(14-18)34-3)30-25(32)20-9-4-5-10-21(20)26(30)33/h4-14,16H,15H2,1-3H3,(H2,28,29,31,36). The van der Waals surface area contributed by atoms with Crippen LogP contribution in [-0.4, -0.2) is 36.6 Å². The average Bonchev–Trinajstić information content (AvgIpc) is 3.12. The van der Waals surface area contributed by atoms with E-state index in [1.54, 1.807) is 66.7 Å². The Kier molecular flexibility index (Phi) is 7.30. The summed E-state index contributed by atoms with van der Waals surface area (Å²) < 4.78 is 11.1. The minimum Gasteiger partial charge on any atom is -0.494 e. The van der Waals surface area contributed by atoms with Gasteiger partial charge in [-0.1, -0.05) is 32.0 Å². The molecular formula is C27H25N3O5S. The molecule has 184 valence electrons. The van der Waals surface area contributed by atoms with E-state index in [0.29, 0.717) is 52.1 Å². The summed E-state index contributed by atoms with van der Waals surface area (Å²) in [6.45, 7) is 4.63. The van der Waals surface area contributed by atoms with Gasteiger partial charge in [0.1, 0.15) is 11.5 Å². The number of rotatable bonds is 7. The number of methoxy groups -OCH3 is 1. The van der Waals surface area contributed by atoms with Crippen molar-refractivity contribution in [1.82, 2.24) is 5.32 Å². The zero-order valence-corrected chi connectivity index (χ0v) is 20.8. The first-order valence-electron chi connectivity index (χ1n) is 11.3. The Hall–Kier alpha value is -4.24. The van der Waals surface area contributed by atoms with Crippen LogP contribution in [0.15, 0.2) is 66.7 Å². The monoisotopic (exact) mass is 503 g/mol. The third-order valence-corrected chi connectivity index (χ3v) is 5.58. The maximum atomic E-state index is 12.8. The SMILES string of the molecule is COc1cc(NC(=S)NC(=O)c2cccc(OCC(C)C)c2)ccc1N1C(=O)c2ccccc2C1=O. The summed E-state index contributed by atoms with van der Waals surface area (Å²) in [6, 6.07) is 18.3. The van der Waals surface area contributed by atoms with Crippen LogP contribution in [0.25, 0.3) is 0 Å². The molecule has 36 heavy (non-hydrogen) atoms. The highest BCUT2D eigenvalue weighted by atomic mass is 32.1. The Morgan fingerprint density at radius 1 is 0.972 bits per heavy atom. The number of fused-ring (bicyclic) bond motifs is 1. The Labute approximate surface area is 214 Å². The second kappa shape index (κ2) is 10.6. The summed E-state index contributed by atoms with van der Waals surface area (Å²) in [4.78, 5) is 39.5. The predicted octanol–water partition coefficient (Wildman–Crippen LogP) is 4.66. The normalized spacial score (nSPS) is 12.4. The largest absolute Gasteiger partial charge is 0.494 e. The molecule has 2 N–H and O–H groups in total. The number of nitrogens with one attached hydrogen (secondary N) is 2. The van der Waals surface area contributed by atoms with E-state index in [2.05, 4.69) is 10.6 Å². The van der Waals surface area contributed by atoms with E-state index < -0.39 is 17.7 Å². The van der Waals surface area contributed by atoms with Crippen LogP contribution < -0.4 is 25.0 Å². The van der Waals surface area contributed by atoms with E-state index in [1.165, 1.54) is 7.11 Å². The molecule has 0 aromatic heterocycles. The quantitative estimate of drug-likeness (QED) is 0.358. The van der Waals surface area contributed by atoms with Crippen LogP contribution >= 0.6 is 12.2 Å². The first-order valence-corrected chi connectivity index (χ1v) is 11.7. The fraction of sp³-hybridized carbons (Fsp3) is 0.185. The number of benzene rings is 3. The van der Waals surface area contributed by atoms with Gasteiger partial charge in [-0.2, -0.15) is 0 Å². The van der Waals surface area contributed by atoms with Gasteiger partial charge in [0.25, 0.3) is 17.7 Å². The minimum absolute atomic E-state index is 0.0732. The summed E-state index contributed by atoms with van der Waals surface area (Å²) in [6.07, 6.45) is 0. The van der Waals surface area contributed by atoms with Crippen LogP contribution in [-0.2, 0) is 0 Å². The van der Waals surface area contributed by atoms with Crippen molar-refractivity contribution in [3.05, 3.63) is 83.4 Å². The molecular weight excluding hydrogens is 478 g/mol. The summed E-state index contributed by atoms with van der Waals surface area (Å²) in [7, 11) is 1.44. The lowest BCUT2D eigenvalue weighted by molar-refractivity contribution is 0.0922. The third-order valence-electron chi connectivity index (χ3n) is 5.38. The lowest BCUT2D eigenvalue weighted by Crippen LogP contribution is -2.34. The van der Waals surface area contributed by atoms with Crippen molar-refractivity contribution < 1.29 is 23.9 Å². The van der Waals surface area contributed by atoms with Gasteiger partial charge in [0, 0.05) is 17.3 Å². The Balaban J connectivity index is 1.45. The van der Waals surface area contributed by atoms with E-state index in [1.807, 2.05) is 13.8 Å². The molecule has 0 spiro atoms. The number of ether oxygens (including phenoxy) is 2. The number of carbonyl (C=O) groups is 3. The first kappa shape index (κ1) is 24.9. The number of anilines is 2. The van der Waals surface area contributed by atoms with E-state index in [0.717, 1.165) is 4.90 Å². The van der Waals surface area contributed by atoms with Gasteiger partial charge in [-0.05, 0) is 60.6 Å². The summed E-state index contributed by atoms with van der Waals surface area (Å²) in [5, 5.41) is 5.64. The highest BCUT2D eigenvalue weighted by Crippen LogP contribution is 2.36. The van der Waals surface area contributed by atoms with E-state index >= 15 is 0 Å².